The summed E-state index contributed by atoms with van der Waals surface area (Å²) in [6, 6.07) is 0. The maximum absolute atomic E-state index is 11.4. The number of nitrogens with one attached hydrogen (secondary N) is 1. The highest BCUT2D eigenvalue weighted by atomic mass is 35.5. The first-order valence-electron chi connectivity index (χ1n) is 4.38. The number of halogens is 2. The van der Waals surface area contributed by atoms with Crippen molar-refractivity contribution in [3.8, 4) is 0 Å². The first kappa shape index (κ1) is 12.3. The molecule has 0 fully saturated rings. The van der Waals surface area contributed by atoms with Crippen LogP contribution in [0.15, 0.2) is 0 Å². The van der Waals surface area contributed by atoms with Crippen LogP contribution in [0.2, 0.25) is 10.3 Å². The lowest BCUT2D eigenvalue weighted by Gasteiger charge is -2.16. The zero-order chi connectivity index (χ0) is 11.6. The Bertz CT molecular complexity index is 349. The number of imidazole rings is 1. The molecule has 0 radical (unpaired) electrons. The van der Waals surface area contributed by atoms with Crippen molar-refractivity contribution in [1.29, 1.82) is 0 Å². The second-order valence-corrected chi connectivity index (χ2v) is 5.06. The second-order valence-electron chi connectivity index (χ2n) is 4.33. The van der Waals surface area contributed by atoms with Gasteiger partial charge in [0.25, 0.3) is 0 Å². The van der Waals surface area contributed by atoms with Gasteiger partial charge in [0.15, 0.2) is 5.15 Å². The lowest BCUT2D eigenvalue weighted by Crippen LogP contribution is -2.19. The van der Waals surface area contributed by atoms with Crippen LogP contribution >= 0.6 is 23.2 Å². The standard InChI is InChI=1S/C9H12Cl2N2O2/c1-9(2,3)4-15-8(14)7-12-5(10)6(11)13-7/h4H2,1-3H3,(H,12,13). The molecule has 0 aliphatic rings. The van der Waals surface area contributed by atoms with E-state index in [4.69, 9.17) is 27.9 Å². The molecule has 4 nitrogen and oxygen atoms in total. The quantitative estimate of drug-likeness (QED) is 0.822. The number of nitrogens with zero attached hydrogens (tertiary/aromatic N) is 1. The van der Waals surface area contributed by atoms with E-state index in [9.17, 15) is 4.79 Å². The van der Waals surface area contributed by atoms with Gasteiger partial charge < -0.3 is 9.72 Å². The fourth-order valence-electron chi connectivity index (χ4n) is 0.778. The van der Waals surface area contributed by atoms with Gasteiger partial charge >= 0.3 is 5.97 Å². The predicted octanol–water partition coefficient (Wildman–Crippen LogP) is 2.92. The number of H-pyrrole nitrogens is 1. The van der Waals surface area contributed by atoms with E-state index in [0.717, 1.165) is 0 Å². The Balaban J connectivity index is 2.62. The number of esters is 1. The molecule has 0 saturated carbocycles. The number of hydrogen-bond acceptors (Lipinski definition) is 3. The molecular weight excluding hydrogens is 239 g/mol. The summed E-state index contributed by atoms with van der Waals surface area (Å²) < 4.78 is 5.01. The minimum absolute atomic E-state index is 0.0225. The van der Waals surface area contributed by atoms with Crippen molar-refractivity contribution in [3.63, 3.8) is 0 Å². The van der Waals surface area contributed by atoms with Gasteiger partial charge in [-0.2, -0.15) is 0 Å². The van der Waals surface area contributed by atoms with E-state index < -0.39 is 5.97 Å². The monoisotopic (exact) mass is 250 g/mol. The normalized spacial score (nSPS) is 11.5. The highest BCUT2D eigenvalue weighted by molar-refractivity contribution is 6.40. The first-order chi connectivity index (χ1) is 6.79. The first-order valence-corrected chi connectivity index (χ1v) is 5.13. The number of hydrogen-bond donors (Lipinski definition) is 1. The van der Waals surface area contributed by atoms with Crippen LogP contribution < -0.4 is 0 Å². The smallest absolute Gasteiger partial charge is 0.374 e. The van der Waals surface area contributed by atoms with Crippen LogP contribution in [0.1, 0.15) is 31.4 Å². The third kappa shape index (κ3) is 3.72. The molecule has 84 valence electrons. The highest BCUT2D eigenvalue weighted by Crippen LogP contribution is 2.19. The molecule has 0 atom stereocenters. The molecule has 6 heteroatoms. The number of carbonyl (C=O) groups is 1. The van der Waals surface area contributed by atoms with Crippen molar-refractivity contribution in [2.24, 2.45) is 5.41 Å². The number of aromatic nitrogens is 2. The number of aromatic amines is 1. The van der Waals surface area contributed by atoms with Crippen LogP contribution in [0.3, 0.4) is 0 Å². The number of rotatable bonds is 2. The number of ether oxygens (including phenoxy) is 1. The minimum Gasteiger partial charge on any atom is -0.459 e. The second kappa shape index (κ2) is 4.41. The van der Waals surface area contributed by atoms with Crippen molar-refractivity contribution < 1.29 is 9.53 Å². The lowest BCUT2D eigenvalue weighted by molar-refractivity contribution is 0.0354. The summed E-state index contributed by atoms with van der Waals surface area (Å²) in [5, 5.41) is 0.207. The molecule has 15 heavy (non-hydrogen) atoms. The maximum Gasteiger partial charge on any atom is 0.374 e. The molecule has 0 spiro atoms. The van der Waals surface area contributed by atoms with Crippen molar-refractivity contribution in [2.45, 2.75) is 20.8 Å². The summed E-state index contributed by atoms with van der Waals surface area (Å²) in [7, 11) is 0. The highest BCUT2D eigenvalue weighted by Gasteiger charge is 2.18. The Labute approximate surface area is 97.9 Å². The molecule has 0 aliphatic heterocycles. The van der Waals surface area contributed by atoms with Crippen molar-refractivity contribution >= 4 is 29.2 Å². The summed E-state index contributed by atoms with van der Waals surface area (Å²) in [5.74, 6) is -0.534. The lowest BCUT2D eigenvalue weighted by atomic mass is 9.99. The summed E-state index contributed by atoms with van der Waals surface area (Å²) >= 11 is 11.2. The van der Waals surface area contributed by atoms with Crippen LogP contribution in [0, 0.1) is 5.41 Å². The van der Waals surface area contributed by atoms with Crippen LogP contribution in [0.5, 0.6) is 0 Å². The SMILES string of the molecule is CC(C)(C)COC(=O)c1nc(Cl)c(Cl)[nH]1. The summed E-state index contributed by atoms with van der Waals surface area (Å²) in [4.78, 5) is 17.7. The van der Waals surface area contributed by atoms with E-state index in [1.165, 1.54) is 0 Å². The Morgan fingerprint density at radius 3 is 2.47 bits per heavy atom. The fourth-order valence-corrected chi connectivity index (χ4v) is 1.04. The Morgan fingerprint density at radius 2 is 2.07 bits per heavy atom. The van der Waals surface area contributed by atoms with Crippen LogP contribution in [-0.4, -0.2) is 22.5 Å². The summed E-state index contributed by atoms with van der Waals surface area (Å²) in [6.45, 7) is 6.19. The van der Waals surface area contributed by atoms with Gasteiger partial charge in [-0.25, -0.2) is 9.78 Å². The van der Waals surface area contributed by atoms with Crippen LogP contribution in [0.25, 0.3) is 0 Å². The molecule has 1 rings (SSSR count). The maximum atomic E-state index is 11.4. The molecule has 1 heterocycles. The molecule has 0 unspecified atom stereocenters. The van der Waals surface area contributed by atoms with Crippen molar-refractivity contribution in [2.75, 3.05) is 6.61 Å². The molecule has 0 aliphatic carbocycles. The average molecular weight is 251 g/mol. The van der Waals surface area contributed by atoms with Gasteiger partial charge in [0.05, 0.1) is 6.61 Å². The molecule has 1 N–H and O–H groups in total. The summed E-state index contributed by atoms with van der Waals surface area (Å²) in [5.41, 5.74) is -0.0875. The fraction of sp³-hybridized carbons (Fsp3) is 0.556. The molecule has 0 amide bonds. The molecule has 0 bridgehead atoms. The molecular formula is C9H12Cl2N2O2. The van der Waals surface area contributed by atoms with E-state index >= 15 is 0 Å². The molecule has 1 aromatic heterocycles. The van der Waals surface area contributed by atoms with Gasteiger partial charge in [-0.15, -0.1) is 0 Å². The third-order valence-corrected chi connectivity index (χ3v) is 2.09. The summed E-state index contributed by atoms with van der Waals surface area (Å²) in [6.07, 6.45) is 0. The van der Waals surface area contributed by atoms with E-state index in [0.29, 0.717) is 6.61 Å². The molecule has 0 aromatic carbocycles. The van der Waals surface area contributed by atoms with Crippen molar-refractivity contribution in [3.05, 3.63) is 16.1 Å². The average Bonchev–Trinajstić information content (AvgIpc) is 2.42. The molecule has 0 saturated heterocycles. The largest absolute Gasteiger partial charge is 0.459 e. The topological polar surface area (TPSA) is 55.0 Å². The van der Waals surface area contributed by atoms with Crippen LogP contribution in [0.4, 0.5) is 0 Å². The van der Waals surface area contributed by atoms with Gasteiger partial charge in [0.2, 0.25) is 5.82 Å². The Hall–Kier alpha value is -0.740. The van der Waals surface area contributed by atoms with Gasteiger partial charge in [0.1, 0.15) is 5.15 Å². The molecule has 1 aromatic rings. The van der Waals surface area contributed by atoms with Crippen LogP contribution in [-0.2, 0) is 4.74 Å². The third-order valence-electron chi connectivity index (χ3n) is 1.45. The van der Waals surface area contributed by atoms with Gasteiger partial charge in [-0.3, -0.25) is 0 Å². The minimum atomic E-state index is -0.557. The van der Waals surface area contributed by atoms with E-state index in [1.54, 1.807) is 0 Å². The van der Waals surface area contributed by atoms with E-state index in [1.807, 2.05) is 20.8 Å². The zero-order valence-corrected chi connectivity index (χ0v) is 10.2. The Kier molecular flexibility index (Phi) is 3.62. The van der Waals surface area contributed by atoms with Gasteiger partial charge in [-0.05, 0) is 5.41 Å². The Morgan fingerprint density at radius 1 is 1.47 bits per heavy atom. The van der Waals surface area contributed by atoms with E-state index in [2.05, 4.69) is 9.97 Å². The van der Waals surface area contributed by atoms with Gasteiger partial charge in [-0.1, -0.05) is 44.0 Å². The zero-order valence-electron chi connectivity index (χ0n) is 8.73. The van der Waals surface area contributed by atoms with E-state index in [-0.39, 0.29) is 21.5 Å². The van der Waals surface area contributed by atoms with Crippen molar-refractivity contribution in [1.82, 2.24) is 9.97 Å². The van der Waals surface area contributed by atoms with Gasteiger partial charge in [0, 0.05) is 0 Å². The predicted molar refractivity (Wildman–Crippen MR) is 58.3 cm³/mol. The number of carbonyl (C=O) groups excluding carboxylic acids is 1.